The number of carbonyl (C=O) groups excluding carboxylic acids is 2. The summed E-state index contributed by atoms with van der Waals surface area (Å²) in [4.78, 5) is 32.7. The molecule has 5 nitrogen and oxygen atoms in total. The standard InChI is InChI=1S/C12H8F3NO4/c13-12(14,15)7-3-1-2-4-8(7)16-11(20)9(17)5-6-10(18)19/h1-6H,(H,16,20)(H,18,19). The maximum atomic E-state index is 12.6. The minimum Gasteiger partial charge on any atom is -0.478 e. The summed E-state index contributed by atoms with van der Waals surface area (Å²) in [6.07, 6.45) is -3.82. The van der Waals surface area contributed by atoms with Crippen LogP contribution in [0.15, 0.2) is 36.4 Å². The van der Waals surface area contributed by atoms with E-state index in [0.717, 1.165) is 18.2 Å². The first-order chi connectivity index (χ1) is 9.21. The molecule has 0 saturated carbocycles. The lowest BCUT2D eigenvalue weighted by atomic mass is 10.1. The average molecular weight is 287 g/mol. The molecule has 106 valence electrons. The van der Waals surface area contributed by atoms with E-state index in [1.807, 2.05) is 0 Å². The van der Waals surface area contributed by atoms with E-state index in [9.17, 15) is 27.6 Å². The molecule has 0 aromatic heterocycles. The average Bonchev–Trinajstić information content (AvgIpc) is 2.35. The Kier molecular flexibility index (Phi) is 4.63. The molecule has 0 fully saturated rings. The summed E-state index contributed by atoms with van der Waals surface area (Å²) in [5.41, 5.74) is -1.69. The van der Waals surface area contributed by atoms with Crippen LogP contribution in [0.2, 0.25) is 0 Å². The van der Waals surface area contributed by atoms with Gasteiger partial charge in [-0.15, -0.1) is 0 Å². The molecule has 1 rings (SSSR count). The fourth-order valence-corrected chi connectivity index (χ4v) is 1.25. The second-order valence-corrected chi connectivity index (χ2v) is 3.53. The van der Waals surface area contributed by atoms with Gasteiger partial charge in [-0.25, -0.2) is 4.79 Å². The van der Waals surface area contributed by atoms with Crippen molar-refractivity contribution in [2.24, 2.45) is 0 Å². The highest BCUT2D eigenvalue weighted by molar-refractivity contribution is 6.45. The van der Waals surface area contributed by atoms with Crippen molar-refractivity contribution in [3.05, 3.63) is 42.0 Å². The molecule has 0 radical (unpaired) electrons. The van der Waals surface area contributed by atoms with Gasteiger partial charge in [0, 0.05) is 6.08 Å². The van der Waals surface area contributed by atoms with Crippen molar-refractivity contribution in [1.29, 1.82) is 0 Å². The zero-order valence-corrected chi connectivity index (χ0v) is 9.77. The number of ketones is 1. The number of carboxylic acid groups (broad SMARTS) is 1. The predicted molar refractivity (Wildman–Crippen MR) is 61.9 cm³/mol. The predicted octanol–water partition coefficient (Wildman–Crippen LogP) is 1.85. The van der Waals surface area contributed by atoms with Gasteiger partial charge in [-0.1, -0.05) is 12.1 Å². The monoisotopic (exact) mass is 287 g/mol. The Morgan fingerprint density at radius 2 is 1.70 bits per heavy atom. The Balaban J connectivity index is 2.92. The summed E-state index contributed by atoms with van der Waals surface area (Å²) in [6.45, 7) is 0. The summed E-state index contributed by atoms with van der Waals surface area (Å²) in [7, 11) is 0. The van der Waals surface area contributed by atoms with Crippen molar-refractivity contribution in [2.75, 3.05) is 5.32 Å². The lowest BCUT2D eigenvalue weighted by molar-refractivity contribution is -0.137. The first-order valence-electron chi connectivity index (χ1n) is 5.14. The third kappa shape index (κ3) is 4.23. The molecule has 1 amide bonds. The van der Waals surface area contributed by atoms with Crippen LogP contribution in [0.3, 0.4) is 0 Å². The van der Waals surface area contributed by atoms with Crippen LogP contribution in [0, 0.1) is 0 Å². The van der Waals surface area contributed by atoms with Gasteiger partial charge in [-0.05, 0) is 18.2 Å². The number of aliphatic carboxylic acids is 1. The van der Waals surface area contributed by atoms with Crippen LogP contribution in [0.5, 0.6) is 0 Å². The molecule has 0 heterocycles. The van der Waals surface area contributed by atoms with Gasteiger partial charge in [0.2, 0.25) is 5.78 Å². The van der Waals surface area contributed by atoms with Gasteiger partial charge in [0.15, 0.2) is 0 Å². The molecule has 0 atom stereocenters. The Labute approximate surface area is 110 Å². The molecule has 1 aromatic rings. The number of rotatable bonds is 4. The molecule has 8 heteroatoms. The molecule has 0 aliphatic rings. The van der Waals surface area contributed by atoms with Gasteiger partial charge in [0.25, 0.3) is 5.91 Å². The van der Waals surface area contributed by atoms with E-state index in [0.29, 0.717) is 12.2 Å². The summed E-state index contributed by atoms with van der Waals surface area (Å²) in [5, 5.41) is 10.1. The van der Waals surface area contributed by atoms with Crippen LogP contribution in [0.25, 0.3) is 0 Å². The van der Waals surface area contributed by atoms with Crippen LogP contribution in [-0.4, -0.2) is 22.8 Å². The number of nitrogens with one attached hydrogen (secondary N) is 1. The first kappa shape index (κ1) is 15.4. The second kappa shape index (κ2) is 6.00. The van der Waals surface area contributed by atoms with Crippen LogP contribution in [0.4, 0.5) is 18.9 Å². The van der Waals surface area contributed by atoms with E-state index in [-0.39, 0.29) is 0 Å². The van der Waals surface area contributed by atoms with Crippen LogP contribution in [-0.2, 0) is 20.6 Å². The van der Waals surface area contributed by atoms with E-state index in [4.69, 9.17) is 5.11 Å². The van der Waals surface area contributed by atoms with E-state index in [1.165, 1.54) is 6.07 Å². The van der Waals surface area contributed by atoms with Crippen LogP contribution in [0.1, 0.15) is 5.56 Å². The molecule has 0 saturated heterocycles. The van der Waals surface area contributed by atoms with E-state index >= 15 is 0 Å². The SMILES string of the molecule is O=C(O)C=CC(=O)C(=O)Nc1ccccc1C(F)(F)F. The normalized spacial score (nSPS) is 11.3. The smallest absolute Gasteiger partial charge is 0.418 e. The number of carboxylic acids is 1. The quantitative estimate of drug-likeness (QED) is 0.654. The number of alkyl halides is 3. The topological polar surface area (TPSA) is 83.5 Å². The molecule has 1 aromatic carbocycles. The molecule has 0 unspecified atom stereocenters. The highest BCUT2D eigenvalue weighted by Gasteiger charge is 2.33. The van der Waals surface area contributed by atoms with Crippen LogP contribution >= 0.6 is 0 Å². The van der Waals surface area contributed by atoms with E-state index < -0.39 is 35.1 Å². The molecule has 0 bridgehead atoms. The number of carbonyl (C=O) groups is 3. The maximum absolute atomic E-state index is 12.6. The van der Waals surface area contributed by atoms with Gasteiger partial charge >= 0.3 is 12.1 Å². The largest absolute Gasteiger partial charge is 0.478 e. The molecule has 0 aliphatic heterocycles. The molecule has 0 aliphatic carbocycles. The van der Waals surface area contributed by atoms with Gasteiger partial charge < -0.3 is 10.4 Å². The van der Waals surface area contributed by atoms with Crippen molar-refractivity contribution < 1.29 is 32.7 Å². The summed E-state index contributed by atoms with van der Waals surface area (Å²) in [5.74, 6) is -4.09. The third-order valence-electron chi connectivity index (χ3n) is 2.08. The molecule has 2 N–H and O–H groups in total. The summed E-state index contributed by atoms with van der Waals surface area (Å²) >= 11 is 0. The number of benzene rings is 1. The van der Waals surface area contributed by atoms with Gasteiger partial charge in [0.1, 0.15) is 0 Å². The fourth-order valence-electron chi connectivity index (χ4n) is 1.25. The number of amides is 1. The van der Waals surface area contributed by atoms with Crippen LogP contribution < -0.4 is 5.32 Å². The molecular formula is C12H8F3NO4. The van der Waals surface area contributed by atoms with E-state index in [2.05, 4.69) is 0 Å². The number of para-hydroxylation sites is 1. The lowest BCUT2D eigenvalue weighted by Gasteiger charge is -2.12. The minimum absolute atomic E-state index is 0.414. The Morgan fingerprint density at radius 3 is 2.25 bits per heavy atom. The minimum atomic E-state index is -4.69. The maximum Gasteiger partial charge on any atom is 0.418 e. The highest BCUT2D eigenvalue weighted by Crippen LogP contribution is 2.34. The zero-order valence-electron chi connectivity index (χ0n) is 9.77. The first-order valence-corrected chi connectivity index (χ1v) is 5.14. The highest BCUT2D eigenvalue weighted by atomic mass is 19.4. The number of hydrogen-bond acceptors (Lipinski definition) is 3. The Hall–Kier alpha value is -2.64. The molecular weight excluding hydrogens is 279 g/mol. The Morgan fingerprint density at radius 1 is 1.10 bits per heavy atom. The van der Waals surface area contributed by atoms with Crippen molar-refractivity contribution in [3.8, 4) is 0 Å². The fraction of sp³-hybridized carbons (Fsp3) is 0.0833. The van der Waals surface area contributed by atoms with Gasteiger partial charge in [-0.2, -0.15) is 13.2 Å². The Bertz CT molecular complexity index is 578. The summed E-state index contributed by atoms with van der Waals surface area (Å²) in [6, 6.07) is 4.11. The van der Waals surface area contributed by atoms with Crippen molar-refractivity contribution in [2.45, 2.75) is 6.18 Å². The lowest BCUT2D eigenvalue weighted by Crippen LogP contribution is -2.23. The molecule has 0 spiro atoms. The number of hydrogen-bond donors (Lipinski definition) is 2. The van der Waals surface area contributed by atoms with Crippen molar-refractivity contribution in [1.82, 2.24) is 0 Å². The van der Waals surface area contributed by atoms with E-state index in [1.54, 1.807) is 5.32 Å². The third-order valence-corrected chi connectivity index (χ3v) is 2.08. The molecule has 20 heavy (non-hydrogen) atoms. The second-order valence-electron chi connectivity index (χ2n) is 3.53. The van der Waals surface area contributed by atoms with Gasteiger partial charge in [0.05, 0.1) is 11.3 Å². The summed E-state index contributed by atoms with van der Waals surface area (Å²) < 4.78 is 37.9. The number of halogens is 3. The van der Waals surface area contributed by atoms with Crippen molar-refractivity contribution in [3.63, 3.8) is 0 Å². The van der Waals surface area contributed by atoms with Gasteiger partial charge in [-0.3, -0.25) is 9.59 Å². The van der Waals surface area contributed by atoms with Crippen molar-refractivity contribution >= 4 is 23.3 Å². The number of anilines is 1. The zero-order chi connectivity index (χ0) is 15.3.